The molecule has 1 atom stereocenters. The first-order chi connectivity index (χ1) is 13.6. The molecule has 3 rings (SSSR count). The Labute approximate surface area is 162 Å². The molecule has 0 spiro atoms. The Morgan fingerprint density at radius 3 is 2.82 bits per heavy atom. The van der Waals surface area contributed by atoms with Crippen molar-refractivity contribution >= 4 is 18.1 Å². The zero-order valence-corrected chi connectivity index (χ0v) is 15.9. The lowest BCUT2D eigenvalue weighted by atomic mass is 10.1. The summed E-state index contributed by atoms with van der Waals surface area (Å²) in [5.41, 5.74) is 1.09. The number of aromatic amines is 1. The molecule has 0 saturated carbocycles. The third kappa shape index (κ3) is 4.81. The monoisotopic (exact) mass is 381 g/mol. The number of hydrogen-bond donors (Lipinski definition) is 2. The van der Waals surface area contributed by atoms with Gasteiger partial charge < -0.3 is 15.2 Å². The van der Waals surface area contributed by atoms with Gasteiger partial charge in [0.05, 0.1) is 6.20 Å². The molecule has 2 aromatic heterocycles. The standard InChI is InChI=1S/C19H23N7O2/c1-14(9-11-26-17(8-10-20-26)25(2)13-27)21-19(28)18-22-16(23-24-18)12-15-6-4-3-5-7-15/h3-8,10,13-14H,9,11-12H2,1-2H3,(H,21,28)(H,22,23,24). The topological polar surface area (TPSA) is 109 Å². The Balaban J connectivity index is 1.52. The van der Waals surface area contributed by atoms with E-state index < -0.39 is 0 Å². The van der Waals surface area contributed by atoms with Gasteiger partial charge in [-0.1, -0.05) is 30.3 Å². The minimum Gasteiger partial charge on any atom is -0.347 e. The fourth-order valence-corrected chi connectivity index (χ4v) is 2.80. The average molecular weight is 381 g/mol. The van der Waals surface area contributed by atoms with Gasteiger partial charge >= 0.3 is 0 Å². The van der Waals surface area contributed by atoms with E-state index >= 15 is 0 Å². The summed E-state index contributed by atoms with van der Waals surface area (Å²) in [6.45, 7) is 2.48. The number of benzene rings is 1. The molecule has 0 radical (unpaired) electrons. The van der Waals surface area contributed by atoms with Crippen molar-refractivity contribution < 1.29 is 9.59 Å². The molecule has 3 aromatic rings. The fraction of sp³-hybridized carbons (Fsp3) is 0.316. The molecule has 9 nitrogen and oxygen atoms in total. The van der Waals surface area contributed by atoms with E-state index in [4.69, 9.17) is 0 Å². The Kier molecular flexibility index (Phi) is 6.15. The molecular formula is C19H23N7O2. The first kappa shape index (κ1) is 19.3. The number of hydrogen-bond acceptors (Lipinski definition) is 5. The summed E-state index contributed by atoms with van der Waals surface area (Å²) in [6, 6.07) is 11.5. The molecular weight excluding hydrogens is 358 g/mol. The summed E-state index contributed by atoms with van der Waals surface area (Å²) in [5.74, 6) is 1.24. The molecule has 28 heavy (non-hydrogen) atoms. The minimum atomic E-state index is -0.301. The molecule has 1 aromatic carbocycles. The molecule has 0 aliphatic carbocycles. The van der Waals surface area contributed by atoms with E-state index in [1.807, 2.05) is 37.3 Å². The number of anilines is 1. The maximum Gasteiger partial charge on any atom is 0.289 e. The van der Waals surface area contributed by atoms with Crippen LogP contribution in [0.4, 0.5) is 5.82 Å². The predicted molar refractivity (Wildman–Crippen MR) is 104 cm³/mol. The number of aryl methyl sites for hydroxylation is 1. The third-order valence-electron chi connectivity index (χ3n) is 4.33. The number of nitrogens with one attached hydrogen (secondary N) is 2. The van der Waals surface area contributed by atoms with Gasteiger partial charge in [-0.25, -0.2) is 4.68 Å². The molecule has 2 heterocycles. The summed E-state index contributed by atoms with van der Waals surface area (Å²) in [4.78, 5) is 27.7. The first-order valence-corrected chi connectivity index (χ1v) is 9.03. The first-order valence-electron chi connectivity index (χ1n) is 9.03. The lowest BCUT2D eigenvalue weighted by Crippen LogP contribution is -2.34. The molecule has 2 N–H and O–H groups in total. The highest BCUT2D eigenvalue weighted by Crippen LogP contribution is 2.11. The van der Waals surface area contributed by atoms with Crippen molar-refractivity contribution in [1.29, 1.82) is 0 Å². The second-order valence-electron chi connectivity index (χ2n) is 6.57. The van der Waals surface area contributed by atoms with Gasteiger partial charge in [0, 0.05) is 32.1 Å². The number of carbonyl (C=O) groups is 2. The van der Waals surface area contributed by atoms with Gasteiger partial charge in [0.25, 0.3) is 5.91 Å². The van der Waals surface area contributed by atoms with Crippen molar-refractivity contribution in [2.45, 2.75) is 32.4 Å². The maximum absolute atomic E-state index is 12.4. The number of amides is 2. The second-order valence-corrected chi connectivity index (χ2v) is 6.57. The van der Waals surface area contributed by atoms with Crippen LogP contribution in [-0.4, -0.2) is 50.4 Å². The molecule has 0 fully saturated rings. The number of H-pyrrole nitrogens is 1. The zero-order chi connectivity index (χ0) is 19.9. The molecule has 2 amide bonds. The molecule has 9 heteroatoms. The van der Waals surface area contributed by atoms with E-state index in [0.717, 1.165) is 12.0 Å². The maximum atomic E-state index is 12.4. The van der Waals surface area contributed by atoms with Gasteiger partial charge in [0.2, 0.25) is 12.2 Å². The minimum absolute atomic E-state index is 0.103. The van der Waals surface area contributed by atoms with Crippen LogP contribution in [-0.2, 0) is 17.8 Å². The van der Waals surface area contributed by atoms with Crippen LogP contribution in [0.15, 0.2) is 42.6 Å². The summed E-state index contributed by atoms with van der Waals surface area (Å²) in [7, 11) is 1.67. The molecule has 146 valence electrons. The number of aromatic nitrogens is 5. The van der Waals surface area contributed by atoms with E-state index in [1.165, 1.54) is 4.90 Å². The van der Waals surface area contributed by atoms with Crippen molar-refractivity contribution in [1.82, 2.24) is 30.3 Å². The van der Waals surface area contributed by atoms with Crippen molar-refractivity contribution in [3.8, 4) is 0 Å². The molecule has 0 bridgehead atoms. The van der Waals surface area contributed by atoms with Crippen LogP contribution < -0.4 is 10.2 Å². The van der Waals surface area contributed by atoms with Crippen LogP contribution >= 0.6 is 0 Å². The molecule has 1 unspecified atom stereocenters. The molecule has 0 saturated heterocycles. The van der Waals surface area contributed by atoms with Gasteiger partial charge in [-0.3, -0.25) is 9.59 Å². The van der Waals surface area contributed by atoms with Gasteiger partial charge in [-0.15, -0.1) is 10.2 Å². The third-order valence-corrected chi connectivity index (χ3v) is 4.33. The van der Waals surface area contributed by atoms with Crippen molar-refractivity contribution in [2.75, 3.05) is 11.9 Å². The Hall–Kier alpha value is -3.49. The van der Waals surface area contributed by atoms with Crippen LogP contribution in [0.2, 0.25) is 0 Å². The number of rotatable bonds is 9. The quantitative estimate of drug-likeness (QED) is 0.545. The average Bonchev–Trinajstić information content (AvgIpc) is 3.36. The molecule has 0 aliphatic heterocycles. The zero-order valence-electron chi connectivity index (χ0n) is 15.9. The Bertz CT molecular complexity index is 919. The van der Waals surface area contributed by atoms with Crippen molar-refractivity contribution in [3.63, 3.8) is 0 Å². The fourth-order valence-electron chi connectivity index (χ4n) is 2.80. The van der Waals surface area contributed by atoms with E-state index in [1.54, 1.807) is 24.0 Å². The van der Waals surface area contributed by atoms with E-state index in [2.05, 4.69) is 25.6 Å². The van der Waals surface area contributed by atoms with E-state index in [-0.39, 0.29) is 17.8 Å². The normalized spacial score (nSPS) is 11.8. The van der Waals surface area contributed by atoms with Crippen LogP contribution in [0.3, 0.4) is 0 Å². The van der Waals surface area contributed by atoms with Crippen LogP contribution in [0.5, 0.6) is 0 Å². The summed E-state index contributed by atoms with van der Waals surface area (Å²) >= 11 is 0. The number of nitrogens with zero attached hydrogens (tertiary/aromatic N) is 5. The highest BCUT2D eigenvalue weighted by atomic mass is 16.2. The largest absolute Gasteiger partial charge is 0.347 e. The lowest BCUT2D eigenvalue weighted by molar-refractivity contribution is -0.107. The van der Waals surface area contributed by atoms with Gasteiger partial charge in [0.15, 0.2) is 0 Å². The Morgan fingerprint density at radius 2 is 2.07 bits per heavy atom. The van der Waals surface area contributed by atoms with Gasteiger partial charge in [-0.05, 0) is 18.9 Å². The summed E-state index contributed by atoms with van der Waals surface area (Å²) < 4.78 is 1.73. The van der Waals surface area contributed by atoms with E-state index in [0.29, 0.717) is 31.0 Å². The van der Waals surface area contributed by atoms with Crippen LogP contribution in [0, 0.1) is 0 Å². The van der Waals surface area contributed by atoms with Crippen LogP contribution in [0.25, 0.3) is 0 Å². The van der Waals surface area contributed by atoms with Crippen LogP contribution in [0.1, 0.15) is 35.4 Å². The summed E-state index contributed by atoms with van der Waals surface area (Å²) in [6.07, 6.45) is 3.61. The van der Waals surface area contributed by atoms with E-state index in [9.17, 15) is 9.59 Å². The van der Waals surface area contributed by atoms with Gasteiger partial charge in [-0.2, -0.15) is 5.10 Å². The smallest absolute Gasteiger partial charge is 0.289 e. The summed E-state index contributed by atoms with van der Waals surface area (Å²) in [5, 5.41) is 15.1. The SMILES string of the molecule is CC(CCn1nccc1N(C)C=O)NC(=O)c1nnc(Cc2ccccc2)[nH]1. The molecule has 0 aliphatic rings. The van der Waals surface area contributed by atoms with Gasteiger partial charge in [0.1, 0.15) is 11.6 Å². The highest BCUT2D eigenvalue weighted by molar-refractivity contribution is 5.90. The number of carbonyl (C=O) groups excluding carboxylic acids is 2. The second kappa shape index (κ2) is 8.94. The predicted octanol–water partition coefficient (Wildman–Crippen LogP) is 1.39. The Morgan fingerprint density at radius 1 is 1.29 bits per heavy atom. The highest BCUT2D eigenvalue weighted by Gasteiger charge is 2.15. The van der Waals surface area contributed by atoms with Crippen molar-refractivity contribution in [3.05, 3.63) is 59.8 Å². The lowest BCUT2D eigenvalue weighted by Gasteiger charge is -2.16. The van der Waals surface area contributed by atoms with Crippen molar-refractivity contribution in [2.24, 2.45) is 0 Å².